The van der Waals surface area contributed by atoms with Crippen LogP contribution in [0.25, 0.3) is 22.6 Å². The predicted octanol–water partition coefficient (Wildman–Crippen LogP) is 5.14. The fourth-order valence-corrected chi connectivity index (χ4v) is 3.22. The zero-order valence-corrected chi connectivity index (χ0v) is 16.6. The van der Waals surface area contributed by atoms with Crippen molar-refractivity contribution in [1.29, 1.82) is 0 Å². The number of benzene rings is 2. The molecule has 0 amide bonds. The van der Waals surface area contributed by atoms with Crippen LogP contribution < -0.4 is 10.1 Å². The highest BCUT2D eigenvalue weighted by Gasteiger charge is 2.13. The van der Waals surface area contributed by atoms with Crippen LogP contribution in [-0.2, 0) is 13.2 Å². The second kappa shape index (κ2) is 8.08. The number of nitrogens with zero attached hydrogens (tertiary/aromatic N) is 3. The Balaban J connectivity index is 1.54. The van der Waals surface area contributed by atoms with Crippen LogP contribution in [0.15, 0.2) is 40.8 Å². The summed E-state index contributed by atoms with van der Waals surface area (Å²) >= 11 is 6.43. The molecule has 0 saturated carbocycles. The summed E-state index contributed by atoms with van der Waals surface area (Å²) in [7, 11) is 0. The zero-order chi connectivity index (χ0) is 20.4. The van der Waals surface area contributed by atoms with Gasteiger partial charge in [0.15, 0.2) is 5.76 Å². The van der Waals surface area contributed by atoms with E-state index < -0.39 is 6.67 Å². The van der Waals surface area contributed by atoms with Crippen molar-refractivity contribution in [1.82, 2.24) is 20.6 Å². The number of halogens is 2. The second-order valence-corrected chi connectivity index (χ2v) is 7.23. The third kappa shape index (κ3) is 4.17. The number of nitrogens with one attached hydrogen (secondary N) is 2. The first kappa shape index (κ1) is 19.2. The molecule has 0 saturated heterocycles. The Morgan fingerprint density at radius 2 is 2.07 bits per heavy atom. The number of hydrogen-bond acceptors (Lipinski definition) is 6. The van der Waals surface area contributed by atoms with E-state index in [0.717, 1.165) is 16.6 Å². The van der Waals surface area contributed by atoms with E-state index >= 15 is 0 Å². The largest absolute Gasteiger partial charge is 0.491 e. The summed E-state index contributed by atoms with van der Waals surface area (Å²) in [4.78, 5) is 0. The number of furan rings is 1. The number of hydrogen-bond donors (Lipinski definition) is 2. The Morgan fingerprint density at radius 1 is 1.21 bits per heavy atom. The van der Waals surface area contributed by atoms with Crippen molar-refractivity contribution in [2.75, 3.05) is 5.32 Å². The third-order valence-corrected chi connectivity index (χ3v) is 4.67. The summed E-state index contributed by atoms with van der Waals surface area (Å²) in [6.07, 6.45) is -0.0180. The average molecular weight is 416 g/mol. The maximum Gasteiger partial charge on any atom is 0.215 e. The minimum absolute atomic E-state index is 0.0180. The van der Waals surface area contributed by atoms with Crippen LogP contribution in [0.3, 0.4) is 0 Å². The molecule has 0 aliphatic heterocycles. The first-order valence-corrected chi connectivity index (χ1v) is 9.46. The second-order valence-electron chi connectivity index (χ2n) is 6.82. The Labute approximate surface area is 171 Å². The topological polar surface area (TPSA) is 88.9 Å². The van der Waals surface area contributed by atoms with Crippen molar-refractivity contribution in [2.45, 2.75) is 33.2 Å². The maximum atomic E-state index is 13.4. The van der Waals surface area contributed by atoms with E-state index in [2.05, 4.69) is 25.9 Å². The van der Waals surface area contributed by atoms with Gasteiger partial charge in [0.1, 0.15) is 18.0 Å². The van der Waals surface area contributed by atoms with Crippen LogP contribution in [0, 0.1) is 0 Å². The Hall–Kier alpha value is -3.13. The van der Waals surface area contributed by atoms with Crippen LogP contribution in [0.2, 0.25) is 5.02 Å². The molecule has 4 aromatic rings. The van der Waals surface area contributed by atoms with E-state index in [1.54, 1.807) is 12.1 Å². The number of tetrazole rings is 1. The van der Waals surface area contributed by atoms with Crippen molar-refractivity contribution in [3.05, 3.63) is 52.5 Å². The van der Waals surface area contributed by atoms with Crippen molar-refractivity contribution >= 4 is 28.3 Å². The van der Waals surface area contributed by atoms with Gasteiger partial charge in [-0.1, -0.05) is 11.6 Å². The van der Waals surface area contributed by atoms with Gasteiger partial charge in [-0.2, -0.15) is 0 Å². The highest BCUT2D eigenvalue weighted by molar-refractivity contribution is 6.32. The molecule has 2 aromatic carbocycles. The number of aromatic amines is 1. The fourth-order valence-electron chi connectivity index (χ4n) is 2.98. The van der Waals surface area contributed by atoms with Crippen LogP contribution in [0.5, 0.6) is 5.75 Å². The molecule has 150 valence electrons. The van der Waals surface area contributed by atoms with Crippen LogP contribution in [0.4, 0.5) is 10.1 Å². The predicted molar refractivity (Wildman–Crippen MR) is 109 cm³/mol. The van der Waals surface area contributed by atoms with Crippen LogP contribution in [0.1, 0.15) is 25.0 Å². The van der Waals surface area contributed by atoms with E-state index in [9.17, 15) is 4.39 Å². The summed E-state index contributed by atoms with van der Waals surface area (Å²) in [5.74, 6) is 1.52. The van der Waals surface area contributed by atoms with Gasteiger partial charge in [0.25, 0.3) is 0 Å². The Kier molecular flexibility index (Phi) is 5.35. The zero-order valence-electron chi connectivity index (χ0n) is 15.9. The smallest absolute Gasteiger partial charge is 0.215 e. The summed E-state index contributed by atoms with van der Waals surface area (Å²) in [5.41, 5.74) is 2.79. The lowest BCUT2D eigenvalue weighted by molar-refractivity contribution is 0.237. The normalized spacial score (nSPS) is 11.3. The lowest BCUT2D eigenvalue weighted by atomic mass is 10.1. The lowest BCUT2D eigenvalue weighted by Gasteiger charge is -2.15. The van der Waals surface area contributed by atoms with E-state index in [-0.39, 0.29) is 6.10 Å². The van der Waals surface area contributed by atoms with E-state index in [0.29, 0.717) is 40.0 Å². The molecule has 0 aliphatic carbocycles. The van der Waals surface area contributed by atoms with E-state index in [1.807, 2.05) is 38.1 Å². The van der Waals surface area contributed by atoms with Gasteiger partial charge in [0, 0.05) is 28.2 Å². The van der Waals surface area contributed by atoms with Crippen molar-refractivity contribution in [2.24, 2.45) is 0 Å². The number of alkyl halides is 1. The van der Waals surface area contributed by atoms with E-state index in [4.69, 9.17) is 20.8 Å². The van der Waals surface area contributed by atoms with Crippen molar-refractivity contribution in [3.8, 4) is 17.3 Å². The molecular formula is C20H19ClFN5O2. The first-order valence-electron chi connectivity index (χ1n) is 9.09. The summed E-state index contributed by atoms with van der Waals surface area (Å²) < 4.78 is 24.8. The standard InChI is InChI=1S/C20H19ClFN5O2/c1-11(2)28-17-4-3-15(5-13(17)9-22)23-10-14-8-18-12(6-16(14)21)7-19(29-18)20-24-26-27-25-20/h3-8,11,23H,9-10H2,1-2H3,(H,24,25,26,27). The molecule has 0 atom stereocenters. The maximum absolute atomic E-state index is 13.4. The summed E-state index contributed by atoms with van der Waals surface area (Å²) in [6, 6.07) is 10.9. The van der Waals surface area contributed by atoms with Crippen molar-refractivity contribution in [3.63, 3.8) is 0 Å². The van der Waals surface area contributed by atoms with Gasteiger partial charge in [-0.05, 0) is 66.2 Å². The van der Waals surface area contributed by atoms with Gasteiger partial charge in [-0.15, -0.1) is 5.10 Å². The molecule has 0 fully saturated rings. The van der Waals surface area contributed by atoms with Gasteiger partial charge in [-0.25, -0.2) is 9.49 Å². The molecule has 29 heavy (non-hydrogen) atoms. The number of anilines is 1. The van der Waals surface area contributed by atoms with Gasteiger partial charge < -0.3 is 14.5 Å². The first-order chi connectivity index (χ1) is 14.0. The quantitative estimate of drug-likeness (QED) is 0.434. The summed E-state index contributed by atoms with van der Waals surface area (Å²) in [5, 5.41) is 18.3. The van der Waals surface area contributed by atoms with Gasteiger partial charge in [0.05, 0.1) is 6.10 Å². The van der Waals surface area contributed by atoms with Crippen molar-refractivity contribution < 1.29 is 13.5 Å². The SMILES string of the molecule is CC(C)Oc1ccc(NCc2cc3oc(-c4nnn[nH]4)cc3cc2Cl)cc1CF. The molecule has 2 aromatic heterocycles. The molecule has 0 aliphatic rings. The summed E-state index contributed by atoms with van der Waals surface area (Å²) in [6.45, 7) is 3.66. The fraction of sp³-hybridized carbons (Fsp3) is 0.250. The number of ether oxygens (including phenoxy) is 1. The minimum Gasteiger partial charge on any atom is -0.491 e. The van der Waals surface area contributed by atoms with Gasteiger partial charge in [0.2, 0.25) is 5.82 Å². The molecule has 0 spiro atoms. The average Bonchev–Trinajstić information content (AvgIpc) is 3.36. The van der Waals surface area contributed by atoms with Crippen LogP contribution >= 0.6 is 11.6 Å². The van der Waals surface area contributed by atoms with Crippen LogP contribution in [-0.4, -0.2) is 26.7 Å². The molecule has 7 nitrogen and oxygen atoms in total. The Morgan fingerprint density at radius 3 is 2.79 bits per heavy atom. The number of fused-ring (bicyclic) bond motifs is 1. The molecule has 0 unspecified atom stereocenters. The minimum atomic E-state index is -0.601. The highest BCUT2D eigenvalue weighted by atomic mass is 35.5. The van der Waals surface area contributed by atoms with Gasteiger partial charge in [-0.3, -0.25) is 0 Å². The lowest BCUT2D eigenvalue weighted by Crippen LogP contribution is -2.08. The highest BCUT2D eigenvalue weighted by Crippen LogP contribution is 2.31. The molecule has 2 heterocycles. The Bertz CT molecular complexity index is 1130. The molecule has 9 heteroatoms. The monoisotopic (exact) mass is 415 g/mol. The molecule has 0 radical (unpaired) electrons. The molecular weight excluding hydrogens is 397 g/mol. The molecule has 2 N–H and O–H groups in total. The van der Waals surface area contributed by atoms with E-state index in [1.165, 1.54) is 0 Å². The number of H-pyrrole nitrogens is 1. The number of aromatic nitrogens is 4. The van der Waals surface area contributed by atoms with Gasteiger partial charge >= 0.3 is 0 Å². The molecule has 0 bridgehead atoms. The molecule has 4 rings (SSSR count). The third-order valence-electron chi connectivity index (χ3n) is 4.31. The number of rotatable bonds is 7.